The van der Waals surface area contributed by atoms with Crippen molar-refractivity contribution in [2.45, 2.75) is 72.2 Å². The van der Waals surface area contributed by atoms with Crippen LogP contribution in [0.15, 0.2) is 53.0 Å². The van der Waals surface area contributed by atoms with Crippen LogP contribution in [0.4, 0.5) is 4.39 Å². The average molecular weight is 488 g/mol. The van der Waals surface area contributed by atoms with Gasteiger partial charge in [0, 0.05) is 19.9 Å². The molecule has 0 spiro atoms. The quantitative estimate of drug-likeness (QED) is 0.433. The van der Waals surface area contributed by atoms with E-state index >= 15 is 0 Å². The molecule has 2 nitrogen and oxygen atoms in total. The number of hydrogen-bond donors (Lipinski definition) is 2. The Morgan fingerprint density at radius 1 is 0.862 bits per heavy atom. The summed E-state index contributed by atoms with van der Waals surface area (Å²) in [6, 6.07) is 18.1. The molecule has 0 heterocycles. The van der Waals surface area contributed by atoms with Crippen LogP contribution in [0.3, 0.4) is 0 Å². The number of hydrogen-bond acceptors (Lipinski definition) is 2. The van der Waals surface area contributed by atoms with Gasteiger partial charge in [0.15, 0.2) is 0 Å². The fourth-order valence-electron chi connectivity index (χ4n) is 2.43. The second-order valence-electron chi connectivity index (χ2n) is 6.63. The van der Waals surface area contributed by atoms with E-state index in [4.69, 9.17) is 5.11 Å². The van der Waals surface area contributed by atoms with Crippen molar-refractivity contribution in [3.8, 4) is 0 Å². The van der Waals surface area contributed by atoms with E-state index in [1.165, 1.54) is 36.7 Å². The van der Waals surface area contributed by atoms with Crippen molar-refractivity contribution in [2.75, 3.05) is 6.61 Å². The van der Waals surface area contributed by atoms with Gasteiger partial charge in [-0.15, -0.1) is 0 Å². The minimum Gasteiger partial charge on any atom is -0.397 e. The molecule has 0 aliphatic carbocycles. The molecule has 166 valence electrons. The third-order valence-electron chi connectivity index (χ3n) is 4.05. The smallest absolute Gasteiger partial charge is 0.124 e. The molecular formula is C24H40BrFO2Si. The fraction of sp³-hybridized carbons (Fsp3) is 0.500. The summed E-state index contributed by atoms with van der Waals surface area (Å²) in [6.07, 6.45) is 0.452. The van der Waals surface area contributed by atoms with E-state index in [1.807, 2.05) is 30.3 Å². The maximum atomic E-state index is 13.2. The Kier molecular flexibility index (Phi) is 21.1. The molecule has 0 bridgehead atoms. The summed E-state index contributed by atoms with van der Waals surface area (Å²) >= 11 is 3.20. The summed E-state index contributed by atoms with van der Waals surface area (Å²) < 4.78 is 13.8. The number of benzene rings is 2. The van der Waals surface area contributed by atoms with Gasteiger partial charge >= 0.3 is 0 Å². The summed E-state index contributed by atoms with van der Waals surface area (Å²) in [5.74, 6) is -0.362. The molecule has 0 amide bonds. The third kappa shape index (κ3) is 15.5. The lowest BCUT2D eigenvalue weighted by Gasteiger charge is -2.11. The van der Waals surface area contributed by atoms with Crippen molar-refractivity contribution in [3.05, 3.63) is 69.9 Å². The lowest BCUT2D eigenvalue weighted by molar-refractivity contribution is 0.219. The zero-order valence-corrected chi connectivity index (χ0v) is 21.7. The van der Waals surface area contributed by atoms with Gasteiger partial charge in [-0.1, -0.05) is 105 Å². The number of halogens is 2. The van der Waals surface area contributed by atoms with E-state index in [1.54, 1.807) is 13.0 Å². The highest BCUT2D eigenvalue weighted by Gasteiger charge is 2.11. The Morgan fingerprint density at radius 2 is 1.31 bits per heavy atom. The Hall–Kier alpha value is -1.01. The topological polar surface area (TPSA) is 40.5 Å². The van der Waals surface area contributed by atoms with E-state index in [0.717, 1.165) is 5.56 Å². The largest absolute Gasteiger partial charge is 0.397 e. The molecule has 2 aromatic carbocycles. The van der Waals surface area contributed by atoms with Crippen molar-refractivity contribution in [1.29, 1.82) is 0 Å². The molecule has 5 heteroatoms. The second kappa shape index (κ2) is 20.3. The standard InChI is InChI=1S/C13H10BrFO.C6H16Si.C3H8.C2H6O/c14-11-6-10(7-12(15)8-11)13(16)9-4-2-1-3-5-9;1-4-7(5-2)6-3;1-3-2;1-2-3/h1-8,13,16H;7H,4-6H2,1-3H3;3H2,1-2H3;3H,2H2,1H3. The average Bonchev–Trinajstić information content (AvgIpc) is 2.70. The predicted molar refractivity (Wildman–Crippen MR) is 132 cm³/mol. The van der Waals surface area contributed by atoms with Crippen molar-refractivity contribution in [2.24, 2.45) is 0 Å². The van der Waals surface area contributed by atoms with Crippen LogP contribution in [-0.2, 0) is 0 Å². The summed E-state index contributed by atoms with van der Waals surface area (Å²) in [7, 11) is -0.171. The first-order chi connectivity index (χ1) is 13.8. The Labute approximate surface area is 187 Å². The van der Waals surface area contributed by atoms with Crippen LogP contribution in [0.2, 0.25) is 18.1 Å². The zero-order chi connectivity index (χ0) is 22.7. The van der Waals surface area contributed by atoms with E-state index < -0.39 is 6.10 Å². The Balaban J connectivity index is 0. The van der Waals surface area contributed by atoms with Crippen LogP contribution >= 0.6 is 15.9 Å². The van der Waals surface area contributed by atoms with Gasteiger partial charge < -0.3 is 10.2 Å². The monoisotopic (exact) mass is 486 g/mol. The van der Waals surface area contributed by atoms with E-state index in [2.05, 4.69) is 50.5 Å². The van der Waals surface area contributed by atoms with Crippen LogP contribution in [0.5, 0.6) is 0 Å². The number of aliphatic hydroxyl groups excluding tert-OH is 2. The van der Waals surface area contributed by atoms with Crippen molar-refractivity contribution in [3.63, 3.8) is 0 Å². The summed E-state index contributed by atoms with van der Waals surface area (Å²) in [6.45, 7) is 13.2. The minimum atomic E-state index is -0.798. The van der Waals surface area contributed by atoms with Crippen LogP contribution in [-0.4, -0.2) is 25.6 Å². The highest BCUT2D eigenvalue weighted by molar-refractivity contribution is 9.10. The molecule has 1 unspecified atom stereocenters. The molecular weight excluding hydrogens is 447 g/mol. The van der Waals surface area contributed by atoms with Gasteiger partial charge in [-0.2, -0.15) is 0 Å². The first kappa shape index (κ1) is 30.2. The van der Waals surface area contributed by atoms with Crippen molar-refractivity contribution < 1.29 is 14.6 Å². The summed E-state index contributed by atoms with van der Waals surface area (Å²) in [5.41, 5.74) is 1.29. The van der Waals surface area contributed by atoms with Crippen LogP contribution in [0.25, 0.3) is 0 Å². The molecule has 2 aromatic rings. The Bertz CT molecular complexity index is 579. The van der Waals surface area contributed by atoms with E-state index in [0.29, 0.717) is 10.0 Å². The van der Waals surface area contributed by atoms with Crippen LogP contribution in [0.1, 0.15) is 65.2 Å². The molecule has 0 radical (unpaired) electrons. The molecule has 0 aliphatic heterocycles. The minimum absolute atomic E-state index is 0.171. The van der Waals surface area contributed by atoms with Gasteiger partial charge in [0.25, 0.3) is 0 Å². The van der Waals surface area contributed by atoms with E-state index in [9.17, 15) is 9.50 Å². The number of aliphatic hydroxyl groups is 2. The van der Waals surface area contributed by atoms with Gasteiger partial charge in [0.05, 0.1) is 0 Å². The second-order valence-corrected chi connectivity index (χ2v) is 11.7. The first-order valence-electron chi connectivity index (χ1n) is 10.6. The molecule has 0 aromatic heterocycles. The summed E-state index contributed by atoms with van der Waals surface area (Å²) in [5, 5.41) is 17.6. The fourth-order valence-corrected chi connectivity index (χ4v) is 4.64. The van der Waals surface area contributed by atoms with Gasteiger partial charge in [-0.05, 0) is 36.2 Å². The van der Waals surface area contributed by atoms with Gasteiger partial charge in [-0.25, -0.2) is 4.39 Å². The molecule has 0 fully saturated rings. The van der Waals surface area contributed by atoms with E-state index in [-0.39, 0.29) is 21.2 Å². The highest BCUT2D eigenvalue weighted by Crippen LogP contribution is 2.25. The Morgan fingerprint density at radius 3 is 1.66 bits per heavy atom. The molecule has 2 N–H and O–H groups in total. The maximum absolute atomic E-state index is 13.2. The zero-order valence-electron chi connectivity index (χ0n) is 19.0. The molecule has 1 atom stereocenters. The molecule has 29 heavy (non-hydrogen) atoms. The third-order valence-corrected chi connectivity index (χ3v) is 7.97. The first-order valence-corrected chi connectivity index (χ1v) is 13.9. The molecule has 0 saturated heterocycles. The lowest BCUT2D eigenvalue weighted by Crippen LogP contribution is -2.04. The molecule has 2 rings (SSSR count). The highest BCUT2D eigenvalue weighted by atomic mass is 79.9. The summed E-state index contributed by atoms with van der Waals surface area (Å²) in [4.78, 5) is 0. The van der Waals surface area contributed by atoms with Gasteiger partial charge in [0.1, 0.15) is 11.9 Å². The maximum Gasteiger partial charge on any atom is 0.124 e. The number of rotatable bonds is 5. The van der Waals surface area contributed by atoms with Crippen molar-refractivity contribution in [1.82, 2.24) is 0 Å². The lowest BCUT2D eigenvalue weighted by atomic mass is 10.0. The van der Waals surface area contributed by atoms with Gasteiger partial charge in [0.2, 0.25) is 0 Å². The molecule has 0 aliphatic rings. The normalized spacial score (nSPS) is 10.6. The SMILES string of the molecule is CCC.CCO.CC[SiH](CC)CC.OC(c1ccccc1)c1cc(F)cc(Br)c1. The van der Waals surface area contributed by atoms with Crippen LogP contribution in [0, 0.1) is 5.82 Å². The van der Waals surface area contributed by atoms with Gasteiger partial charge in [-0.3, -0.25) is 0 Å². The molecule has 0 saturated carbocycles. The van der Waals surface area contributed by atoms with Crippen molar-refractivity contribution >= 4 is 24.7 Å². The van der Waals surface area contributed by atoms with Crippen LogP contribution < -0.4 is 0 Å². The predicted octanol–water partition coefficient (Wildman–Crippen LogP) is 7.36.